The van der Waals surface area contributed by atoms with Crippen LogP contribution in [0.4, 0.5) is 5.69 Å². The smallest absolute Gasteiger partial charge is 0.337 e. The molecule has 2 aromatic rings. The van der Waals surface area contributed by atoms with Gasteiger partial charge in [-0.2, -0.15) is 0 Å². The van der Waals surface area contributed by atoms with Crippen LogP contribution in [-0.2, 0) is 9.53 Å². The van der Waals surface area contributed by atoms with Crippen LogP contribution in [0.5, 0.6) is 5.75 Å². The van der Waals surface area contributed by atoms with Crippen molar-refractivity contribution >= 4 is 34.9 Å². The molecule has 8 heteroatoms. The van der Waals surface area contributed by atoms with E-state index in [1.165, 1.54) is 7.11 Å². The van der Waals surface area contributed by atoms with Crippen LogP contribution in [0.3, 0.4) is 0 Å². The normalized spacial score (nSPS) is 9.77. The molecule has 0 aliphatic carbocycles. The zero-order valence-corrected chi connectivity index (χ0v) is 15.2. The second-order valence-corrected chi connectivity index (χ2v) is 5.71. The van der Waals surface area contributed by atoms with E-state index in [0.717, 1.165) is 11.3 Å². The summed E-state index contributed by atoms with van der Waals surface area (Å²) in [5, 5.41) is 3.20. The molecule has 0 aromatic heterocycles. The molecule has 2 aromatic carbocycles. The molecule has 0 bridgehead atoms. The van der Waals surface area contributed by atoms with E-state index in [1.807, 2.05) is 31.2 Å². The van der Waals surface area contributed by atoms with Gasteiger partial charge in [-0.05, 0) is 55.5 Å². The number of aryl methyl sites for hydroxylation is 1. The Bertz CT molecular complexity index is 776. The predicted molar refractivity (Wildman–Crippen MR) is 102 cm³/mol. The number of esters is 1. The molecule has 0 aliphatic heterocycles. The van der Waals surface area contributed by atoms with Crippen LogP contribution in [0.1, 0.15) is 15.9 Å². The van der Waals surface area contributed by atoms with E-state index in [9.17, 15) is 9.59 Å². The highest BCUT2D eigenvalue weighted by molar-refractivity contribution is 7.80. The number of carbonyl (C=O) groups is 2. The van der Waals surface area contributed by atoms with Crippen molar-refractivity contribution < 1.29 is 19.1 Å². The van der Waals surface area contributed by atoms with Crippen molar-refractivity contribution in [1.82, 2.24) is 10.9 Å². The van der Waals surface area contributed by atoms with Crippen molar-refractivity contribution in [2.45, 2.75) is 6.92 Å². The minimum Gasteiger partial charge on any atom is -0.484 e. The highest BCUT2D eigenvalue weighted by atomic mass is 32.1. The van der Waals surface area contributed by atoms with Gasteiger partial charge in [0.1, 0.15) is 5.75 Å². The topological polar surface area (TPSA) is 88.7 Å². The maximum absolute atomic E-state index is 11.8. The number of nitrogens with one attached hydrogen (secondary N) is 3. The Balaban J connectivity index is 1.72. The van der Waals surface area contributed by atoms with Gasteiger partial charge in [-0.25, -0.2) is 4.79 Å². The molecule has 0 heterocycles. The zero-order chi connectivity index (χ0) is 18.9. The second-order valence-electron chi connectivity index (χ2n) is 5.30. The molecule has 0 radical (unpaired) electrons. The number of thiocarbonyl (C=S) groups is 1. The molecule has 7 nitrogen and oxygen atoms in total. The van der Waals surface area contributed by atoms with Crippen LogP contribution in [-0.4, -0.2) is 30.7 Å². The summed E-state index contributed by atoms with van der Waals surface area (Å²) in [6, 6.07) is 13.9. The first kappa shape index (κ1) is 19.2. The van der Waals surface area contributed by atoms with Crippen LogP contribution in [0.25, 0.3) is 0 Å². The van der Waals surface area contributed by atoms with Crippen molar-refractivity contribution in [1.29, 1.82) is 0 Å². The fourth-order valence-corrected chi connectivity index (χ4v) is 2.08. The lowest BCUT2D eigenvalue weighted by Crippen LogP contribution is -2.45. The maximum atomic E-state index is 11.8. The van der Waals surface area contributed by atoms with E-state index in [2.05, 4.69) is 20.9 Å². The fourth-order valence-electron chi connectivity index (χ4n) is 1.92. The highest BCUT2D eigenvalue weighted by Gasteiger charge is 2.07. The number of hydrogen-bond donors (Lipinski definition) is 3. The van der Waals surface area contributed by atoms with Crippen LogP contribution in [0.2, 0.25) is 0 Å². The van der Waals surface area contributed by atoms with Gasteiger partial charge in [0, 0.05) is 5.69 Å². The third-order valence-electron chi connectivity index (χ3n) is 3.27. The summed E-state index contributed by atoms with van der Waals surface area (Å²) in [6.07, 6.45) is 0. The minimum absolute atomic E-state index is 0.211. The molecule has 0 aliphatic rings. The van der Waals surface area contributed by atoms with Crippen LogP contribution < -0.4 is 20.9 Å². The molecule has 3 N–H and O–H groups in total. The number of methoxy groups -OCH3 is 1. The first-order valence-electron chi connectivity index (χ1n) is 7.71. The number of carbonyl (C=O) groups excluding carboxylic acids is 2. The Hall–Kier alpha value is -3.13. The molecule has 0 spiro atoms. The van der Waals surface area contributed by atoms with Gasteiger partial charge in [-0.3, -0.25) is 15.6 Å². The summed E-state index contributed by atoms with van der Waals surface area (Å²) in [6.45, 7) is 1.78. The molecular formula is C18H19N3O4S. The molecule has 2 rings (SSSR count). The Morgan fingerprint density at radius 2 is 1.65 bits per heavy atom. The average molecular weight is 373 g/mol. The van der Waals surface area contributed by atoms with Gasteiger partial charge in [0.05, 0.1) is 12.7 Å². The molecule has 0 atom stereocenters. The number of hydrazine groups is 1. The first-order chi connectivity index (χ1) is 12.5. The SMILES string of the molecule is COC(=O)c1ccc(OCC(=O)NNC(=S)Nc2ccc(C)cc2)cc1. The molecule has 1 amide bonds. The Morgan fingerprint density at radius 3 is 2.27 bits per heavy atom. The van der Waals surface area contributed by atoms with Crippen LogP contribution >= 0.6 is 12.2 Å². The van der Waals surface area contributed by atoms with Crippen molar-refractivity contribution in [3.63, 3.8) is 0 Å². The Morgan fingerprint density at radius 1 is 1.00 bits per heavy atom. The largest absolute Gasteiger partial charge is 0.484 e. The quantitative estimate of drug-likeness (QED) is 0.420. The van der Waals surface area contributed by atoms with Gasteiger partial charge in [-0.15, -0.1) is 0 Å². The zero-order valence-electron chi connectivity index (χ0n) is 14.4. The van der Waals surface area contributed by atoms with Gasteiger partial charge >= 0.3 is 5.97 Å². The first-order valence-corrected chi connectivity index (χ1v) is 8.12. The summed E-state index contributed by atoms with van der Waals surface area (Å²) in [7, 11) is 1.31. The van der Waals surface area contributed by atoms with E-state index in [-0.39, 0.29) is 11.7 Å². The van der Waals surface area contributed by atoms with Crippen molar-refractivity contribution in [3.05, 3.63) is 59.7 Å². The molecule has 0 unspecified atom stereocenters. The number of hydrogen-bond acceptors (Lipinski definition) is 5. The number of amides is 1. The van der Waals surface area contributed by atoms with E-state index in [4.69, 9.17) is 17.0 Å². The number of ether oxygens (including phenoxy) is 2. The lowest BCUT2D eigenvalue weighted by Gasteiger charge is -2.12. The van der Waals surface area contributed by atoms with Crippen molar-refractivity contribution in [2.24, 2.45) is 0 Å². The molecular weight excluding hydrogens is 354 g/mol. The van der Waals surface area contributed by atoms with Gasteiger partial charge in [0.25, 0.3) is 5.91 Å². The monoisotopic (exact) mass is 373 g/mol. The fraction of sp³-hybridized carbons (Fsp3) is 0.167. The molecule has 26 heavy (non-hydrogen) atoms. The van der Waals surface area contributed by atoms with E-state index >= 15 is 0 Å². The highest BCUT2D eigenvalue weighted by Crippen LogP contribution is 2.12. The molecule has 0 fully saturated rings. The van der Waals surface area contributed by atoms with Crippen molar-refractivity contribution in [3.8, 4) is 5.75 Å². The van der Waals surface area contributed by atoms with Crippen LogP contribution in [0, 0.1) is 6.92 Å². The summed E-state index contributed by atoms with van der Waals surface area (Å²) in [5.74, 6) is -0.392. The van der Waals surface area contributed by atoms with E-state index in [0.29, 0.717) is 11.3 Å². The predicted octanol–water partition coefficient (Wildman–Crippen LogP) is 2.18. The van der Waals surface area contributed by atoms with E-state index < -0.39 is 11.9 Å². The minimum atomic E-state index is -0.437. The Labute approximate surface area is 156 Å². The summed E-state index contributed by atoms with van der Waals surface area (Å²) in [4.78, 5) is 23.1. The summed E-state index contributed by atoms with van der Waals surface area (Å²) < 4.78 is 9.94. The number of anilines is 1. The number of benzene rings is 2. The van der Waals surface area contributed by atoms with Gasteiger partial charge < -0.3 is 14.8 Å². The van der Waals surface area contributed by atoms with Crippen molar-refractivity contribution in [2.75, 3.05) is 19.0 Å². The third kappa shape index (κ3) is 6.06. The van der Waals surface area contributed by atoms with E-state index in [1.54, 1.807) is 24.3 Å². The molecule has 0 saturated carbocycles. The van der Waals surface area contributed by atoms with Gasteiger partial charge in [-0.1, -0.05) is 17.7 Å². The third-order valence-corrected chi connectivity index (χ3v) is 3.47. The lowest BCUT2D eigenvalue weighted by molar-refractivity contribution is -0.123. The standard InChI is InChI=1S/C18H19N3O4S/c1-12-3-7-14(8-4-12)19-18(26)21-20-16(22)11-25-15-9-5-13(6-10-15)17(23)24-2/h3-10H,11H2,1-2H3,(H,20,22)(H2,19,21,26). The average Bonchev–Trinajstić information content (AvgIpc) is 2.66. The maximum Gasteiger partial charge on any atom is 0.337 e. The molecule has 0 saturated heterocycles. The van der Waals surface area contributed by atoms with Crippen LogP contribution in [0.15, 0.2) is 48.5 Å². The second kappa shape index (κ2) is 9.38. The molecule has 136 valence electrons. The summed E-state index contributed by atoms with van der Waals surface area (Å²) >= 11 is 5.09. The summed E-state index contributed by atoms with van der Waals surface area (Å²) in [5.41, 5.74) is 7.37. The van der Waals surface area contributed by atoms with Gasteiger partial charge in [0.15, 0.2) is 11.7 Å². The van der Waals surface area contributed by atoms with Gasteiger partial charge in [0.2, 0.25) is 0 Å². The Kier molecular flexibility index (Phi) is 6.92. The number of rotatable bonds is 5. The lowest BCUT2D eigenvalue weighted by atomic mass is 10.2.